The fourth-order valence-electron chi connectivity index (χ4n) is 4.06. The molecule has 0 spiro atoms. The number of carbonyl (C=O) groups excluding carboxylic acids is 2. The van der Waals surface area contributed by atoms with Crippen molar-refractivity contribution in [1.82, 2.24) is 15.6 Å². The highest BCUT2D eigenvalue weighted by molar-refractivity contribution is 5.95. The molecule has 8 heteroatoms. The summed E-state index contributed by atoms with van der Waals surface area (Å²) in [6.07, 6.45) is 10.3. The smallest absolute Gasteiger partial charge is 0.252 e. The molecule has 34 heavy (non-hydrogen) atoms. The zero-order chi connectivity index (χ0) is 24.2. The van der Waals surface area contributed by atoms with E-state index in [-0.39, 0.29) is 17.7 Å². The molecule has 2 amide bonds. The van der Waals surface area contributed by atoms with Gasteiger partial charge in [0.05, 0.1) is 12.1 Å². The minimum atomic E-state index is -0.640. The Morgan fingerprint density at radius 3 is 2.06 bits per heavy atom. The highest BCUT2D eigenvalue weighted by Gasteiger charge is 2.46. The van der Waals surface area contributed by atoms with Gasteiger partial charge < -0.3 is 15.1 Å². The molecule has 3 fully saturated rings. The highest BCUT2D eigenvalue weighted by Crippen LogP contribution is 2.36. The van der Waals surface area contributed by atoms with Gasteiger partial charge in [0.2, 0.25) is 5.91 Å². The number of nitrogens with one attached hydrogen (secondary N) is 2. The fraction of sp³-hybridized carbons (Fsp3) is 0.500. The van der Waals surface area contributed by atoms with E-state index in [0.29, 0.717) is 11.5 Å². The first-order valence-electron chi connectivity index (χ1n) is 11.9. The lowest BCUT2D eigenvalue weighted by atomic mass is 9.88. The normalized spacial score (nSPS) is 19.4. The molecule has 0 unspecified atom stereocenters. The minimum Gasteiger partial charge on any atom is -0.449 e. The predicted molar refractivity (Wildman–Crippen MR) is 124 cm³/mol. The van der Waals surface area contributed by atoms with Crippen molar-refractivity contribution in [3.05, 3.63) is 42.0 Å². The van der Waals surface area contributed by atoms with E-state index in [1.54, 1.807) is 25.3 Å². The molecule has 1 aromatic carbocycles. The lowest BCUT2D eigenvalue weighted by Crippen LogP contribution is -2.40. The Morgan fingerprint density at radius 2 is 1.56 bits per heavy atom. The van der Waals surface area contributed by atoms with Gasteiger partial charge in [0, 0.05) is 24.0 Å². The molecular weight excluding hydrogens is 430 g/mol. The van der Waals surface area contributed by atoms with Crippen LogP contribution in [-0.2, 0) is 4.79 Å². The quantitative estimate of drug-likeness (QED) is 0.689. The molecule has 8 nitrogen and oxygen atoms in total. The van der Waals surface area contributed by atoms with Crippen LogP contribution in [0.1, 0.15) is 74.0 Å². The largest absolute Gasteiger partial charge is 0.449 e. The Labute approximate surface area is 199 Å². The van der Waals surface area contributed by atoms with Gasteiger partial charge in [-0.1, -0.05) is 31.4 Å². The van der Waals surface area contributed by atoms with Crippen molar-refractivity contribution in [3.8, 4) is 23.4 Å². The number of rotatable bonds is 5. The van der Waals surface area contributed by atoms with Gasteiger partial charge in [-0.05, 0) is 50.7 Å². The average molecular weight is 460 g/mol. The number of aryl methyl sites for hydroxylation is 1. The van der Waals surface area contributed by atoms with E-state index in [1.165, 1.54) is 6.42 Å². The number of oxazole rings is 1. The Hall–Kier alpha value is -3.65. The van der Waals surface area contributed by atoms with Crippen molar-refractivity contribution in [2.45, 2.75) is 75.8 Å². The number of aromatic nitrogens is 1. The molecule has 176 valence electrons. The van der Waals surface area contributed by atoms with Crippen LogP contribution in [0.2, 0.25) is 0 Å². The zero-order valence-corrected chi connectivity index (χ0v) is 19.4. The lowest BCUT2D eigenvalue weighted by molar-refractivity contribution is -0.126. The monoisotopic (exact) mass is 459 g/mol. The number of carbonyl (C=O) groups is 2. The number of amides is 2. The fourth-order valence-corrected chi connectivity index (χ4v) is 4.06. The maximum absolute atomic E-state index is 12.0. The molecule has 0 bridgehead atoms. The molecule has 3 saturated carbocycles. The number of benzene rings is 1. The number of hydrogen-bond donors (Lipinski definition) is 2. The van der Waals surface area contributed by atoms with Crippen molar-refractivity contribution in [3.63, 3.8) is 0 Å². The van der Waals surface area contributed by atoms with Gasteiger partial charge in [0.25, 0.3) is 5.91 Å². The second-order valence-corrected chi connectivity index (χ2v) is 9.50. The summed E-state index contributed by atoms with van der Waals surface area (Å²) in [4.78, 5) is 28.0. The van der Waals surface area contributed by atoms with E-state index in [1.807, 2.05) is 12.1 Å². The molecule has 2 N–H and O–H groups in total. The van der Waals surface area contributed by atoms with Gasteiger partial charge >= 0.3 is 0 Å². The molecule has 3 aliphatic carbocycles. The van der Waals surface area contributed by atoms with Crippen molar-refractivity contribution in [1.29, 1.82) is 10.5 Å². The first kappa shape index (κ1) is 23.5. The predicted octanol–water partition coefficient (Wildman–Crippen LogP) is 4.18. The van der Waals surface area contributed by atoms with Crippen molar-refractivity contribution in [2.75, 3.05) is 0 Å². The third-order valence-electron chi connectivity index (χ3n) is 6.68. The maximum atomic E-state index is 12.0. The summed E-state index contributed by atoms with van der Waals surface area (Å²) in [6.45, 7) is 1.78. The van der Waals surface area contributed by atoms with Gasteiger partial charge in [-0.2, -0.15) is 10.5 Å². The number of nitrogens with zero attached hydrogens (tertiary/aromatic N) is 3. The Bertz CT molecular complexity index is 1120. The maximum Gasteiger partial charge on any atom is 0.252 e. The van der Waals surface area contributed by atoms with Crippen molar-refractivity contribution in [2.24, 2.45) is 5.92 Å². The van der Waals surface area contributed by atoms with Crippen LogP contribution in [0.4, 0.5) is 0 Å². The molecule has 0 aliphatic heterocycles. The van der Waals surface area contributed by atoms with Gasteiger partial charge in [-0.3, -0.25) is 9.59 Å². The average Bonchev–Trinajstić information content (AvgIpc) is 3.78. The third-order valence-corrected chi connectivity index (χ3v) is 6.68. The summed E-state index contributed by atoms with van der Waals surface area (Å²) >= 11 is 0. The number of nitriles is 2. The minimum absolute atomic E-state index is 0.115. The van der Waals surface area contributed by atoms with Crippen LogP contribution in [0.25, 0.3) is 11.3 Å². The first-order chi connectivity index (χ1) is 16.4. The van der Waals surface area contributed by atoms with E-state index in [2.05, 4.69) is 27.8 Å². The topological polar surface area (TPSA) is 132 Å². The second kappa shape index (κ2) is 9.69. The lowest BCUT2D eigenvalue weighted by Gasteiger charge is -2.22. The van der Waals surface area contributed by atoms with Crippen LogP contribution in [0, 0.1) is 35.5 Å². The Morgan fingerprint density at radius 1 is 0.971 bits per heavy atom. The molecule has 1 heterocycles. The summed E-state index contributed by atoms with van der Waals surface area (Å²) in [5.41, 5.74) is 1.05. The van der Waals surface area contributed by atoms with Gasteiger partial charge in [-0.15, -0.1) is 0 Å². The van der Waals surface area contributed by atoms with Gasteiger partial charge in [0.1, 0.15) is 23.0 Å². The van der Waals surface area contributed by atoms with Crippen LogP contribution >= 0.6 is 0 Å². The summed E-state index contributed by atoms with van der Waals surface area (Å²) in [5, 5.41) is 23.5. The molecule has 0 radical (unpaired) electrons. The molecule has 3 aliphatic rings. The Kier molecular flexibility index (Phi) is 6.70. The SMILES string of the molecule is Cc1nc(-c2ccc(C(=O)NC3(C#N)CC3)cc2)co1.N#CC1(NC(=O)C2CCCCC2)CC1. The zero-order valence-electron chi connectivity index (χ0n) is 19.4. The summed E-state index contributed by atoms with van der Waals surface area (Å²) in [6, 6.07) is 11.4. The third kappa shape index (κ3) is 5.63. The highest BCUT2D eigenvalue weighted by atomic mass is 16.3. The van der Waals surface area contributed by atoms with Crippen LogP contribution in [0.3, 0.4) is 0 Å². The van der Waals surface area contributed by atoms with E-state index >= 15 is 0 Å². The van der Waals surface area contributed by atoms with Crippen LogP contribution in [0.5, 0.6) is 0 Å². The van der Waals surface area contributed by atoms with Crippen molar-refractivity contribution < 1.29 is 14.0 Å². The standard InChI is InChI=1S/C15H13N3O2.C11H16N2O/c1-10-17-13(8-20-10)11-2-4-12(5-3-11)14(19)18-15(9-16)6-7-15;12-8-11(6-7-11)13-10(14)9-4-2-1-3-5-9/h2-5,8H,6-7H2,1H3,(H,18,19);9H,1-7H2,(H,13,14). The molecule has 0 saturated heterocycles. The van der Waals surface area contributed by atoms with Gasteiger partial charge in [-0.25, -0.2) is 4.98 Å². The van der Waals surface area contributed by atoms with E-state index in [9.17, 15) is 9.59 Å². The molecular formula is C26H29N5O3. The molecule has 2 aromatic rings. The van der Waals surface area contributed by atoms with Crippen LogP contribution < -0.4 is 10.6 Å². The van der Waals surface area contributed by atoms with E-state index in [4.69, 9.17) is 14.9 Å². The summed E-state index contributed by atoms with van der Waals surface area (Å²) in [7, 11) is 0. The Balaban J connectivity index is 0.000000172. The van der Waals surface area contributed by atoms with Crippen LogP contribution in [0.15, 0.2) is 34.9 Å². The van der Waals surface area contributed by atoms with Crippen LogP contribution in [-0.4, -0.2) is 27.9 Å². The van der Waals surface area contributed by atoms with Crippen molar-refractivity contribution >= 4 is 11.8 Å². The van der Waals surface area contributed by atoms with E-state index in [0.717, 1.165) is 62.6 Å². The molecule has 0 atom stereocenters. The summed E-state index contributed by atoms with van der Waals surface area (Å²) in [5.74, 6) is 0.678. The molecule has 1 aromatic heterocycles. The molecule has 5 rings (SSSR count). The summed E-state index contributed by atoms with van der Waals surface area (Å²) < 4.78 is 5.16. The van der Waals surface area contributed by atoms with E-state index < -0.39 is 11.1 Å². The number of hydrogen-bond acceptors (Lipinski definition) is 6. The second-order valence-electron chi connectivity index (χ2n) is 9.50. The van der Waals surface area contributed by atoms with Gasteiger partial charge in [0.15, 0.2) is 5.89 Å². The first-order valence-corrected chi connectivity index (χ1v) is 11.9.